The first-order valence-electron chi connectivity index (χ1n) is 3.41. The van der Waals surface area contributed by atoms with Gasteiger partial charge in [-0.1, -0.05) is 0 Å². The molecular weight excluding hydrogens is 174 g/mol. The van der Waals surface area contributed by atoms with E-state index < -0.39 is 16.4 Å². The minimum absolute atomic E-state index is 0.367. The average Bonchev–Trinajstić information content (AvgIpc) is 2.48. The quantitative estimate of drug-likeness (QED) is 0.323. The Hall–Kier alpha value is -2.11. The first kappa shape index (κ1) is 7.53. The summed E-state index contributed by atoms with van der Waals surface area (Å²) in [6.45, 7) is 0. The van der Waals surface area contributed by atoms with E-state index in [0.717, 1.165) is 12.2 Å². The third kappa shape index (κ3) is 1.08. The lowest BCUT2D eigenvalue weighted by Gasteiger charge is -2.01. The van der Waals surface area contributed by atoms with Crippen molar-refractivity contribution in [2.75, 3.05) is 0 Å². The van der Waals surface area contributed by atoms with E-state index >= 15 is 0 Å². The predicted molar refractivity (Wildman–Crippen MR) is 44.1 cm³/mol. The van der Waals surface area contributed by atoms with Gasteiger partial charge in [0.2, 0.25) is 0 Å². The van der Waals surface area contributed by atoms with Gasteiger partial charge in [0.1, 0.15) is 6.34 Å². The molecule has 0 aromatic carbocycles. The molecule has 6 nitrogen and oxygen atoms in total. The zero-order chi connectivity index (χ0) is 9.42. The third-order valence-corrected chi connectivity index (χ3v) is 1.65. The highest BCUT2D eigenvalue weighted by molar-refractivity contribution is 6.24. The van der Waals surface area contributed by atoms with Crippen LogP contribution in [0.1, 0.15) is 0 Å². The van der Waals surface area contributed by atoms with E-state index in [2.05, 4.69) is 9.98 Å². The van der Waals surface area contributed by atoms with Crippen LogP contribution in [-0.4, -0.2) is 22.8 Å². The van der Waals surface area contributed by atoms with Crippen LogP contribution in [0.15, 0.2) is 33.5 Å². The van der Waals surface area contributed by atoms with Gasteiger partial charge in [-0.3, -0.25) is 14.9 Å². The maximum absolute atomic E-state index is 11.1. The number of carbonyl (C=O) groups excluding carboxylic acids is 1. The maximum atomic E-state index is 11.1. The molecular formula is C7H3N3O3. The highest BCUT2D eigenvalue weighted by atomic mass is 16.6. The number of hydrogen-bond donors (Lipinski definition) is 0. The molecule has 0 aromatic rings. The topological polar surface area (TPSA) is 84.9 Å². The van der Waals surface area contributed by atoms with Gasteiger partial charge in [0.05, 0.1) is 16.3 Å². The molecule has 13 heavy (non-hydrogen) atoms. The molecule has 0 bridgehead atoms. The fourth-order valence-corrected chi connectivity index (χ4v) is 1.05. The Labute approximate surface area is 72.1 Å². The van der Waals surface area contributed by atoms with Crippen molar-refractivity contribution in [2.45, 2.75) is 0 Å². The Morgan fingerprint density at radius 2 is 2.15 bits per heavy atom. The van der Waals surface area contributed by atoms with Crippen molar-refractivity contribution in [2.24, 2.45) is 9.98 Å². The summed E-state index contributed by atoms with van der Waals surface area (Å²) in [6.07, 6.45) is 3.50. The molecule has 0 fully saturated rings. The van der Waals surface area contributed by atoms with E-state index in [1.165, 1.54) is 6.34 Å². The van der Waals surface area contributed by atoms with Crippen LogP contribution >= 0.6 is 0 Å². The first-order valence-corrected chi connectivity index (χ1v) is 3.41. The number of allylic oxidation sites excluding steroid dienone is 2. The molecule has 0 N–H and O–H groups in total. The zero-order valence-electron chi connectivity index (χ0n) is 6.30. The summed E-state index contributed by atoms with van der Waals surface area (Å²) in [6, 6.07) is 0. The van der Waals surface area contributed by atoms with E-state index in [-0.39, 0.29) is 0 Å². The Balaban J connectivity index is 2.47. The van der Waals surface area contributed by atoms with E-state index in [1.807, 2.05) is 0 Å². The van der Waals surface area contributed by atoms with Gasteiger partial charge in [-0.15, -0.1) is 0 Å². The van der Waals surface area contributed by atoms with Crippen LogP contribution in [0.4, 0.5) is 0 Å². The van der Waals surface area contributed by atoms with Crippen molar-refractivity contribution < 1.29 is 9.72 Å². The third-order valence-electron chi connectivity index (χ3n) is 1.65. The van der Waals surface area contributed by atoms with Gasteiger partial charge in [-0.2, -0.15) is 0 Å². The Kier molecular flexibility index (Phi) is 1.42. The molecule has 0 amide bonds. The van der Waals surface area contributed by atoms with Gasteiger partial charge in [0.15, 0.2) is 0 Å². The van der Waals surface area contributed by atoms with Gasteiger partial charge in [0, 0.05) is 12.2 Å². The Morgan fingerprint density at radius 3 is 2.85 bits per heavy atom. The van der Waals surface area contributed by atoms with Gasteiger partial charge in [0.25, 0.3) is 5.78 Å². The van der Waals surface area contributed by atoms with Crippen LogP contribution in [0, 0.1) is 10.1 Å². The minimum Gasteiger partial charge on any atom is -0.282 e. The fourth-order valence-electron chi connectivity index (χ4n) is 1.05. The van der Waals surface area contributed by atoms with E-state index in [9.17, 15) is 14.9 Å². The largest absolute Gasteiger partial charge is 0.318 e. The molecule has 2 aliphatic rings. The fraction of sp³-hybridized carbons (Fsp3) is 0. The lowest BCUT2D eigenvalue weighted by molar-refractivity contribution is -0.418. The summed E-state index contributed by atoms with van der Waals surface area (Å²) in [5.74, 6) is -0.641. The smallest absolute Gasteiger partial charge is 0.282 e. The number of hydrogen-bond acceptors (Lipinski definition) is 5. The SMILES string of the molecule is O=C1C=C2N=CN=C2C=C1[N+](=O)[O-]. The van der Waals surface area contributed by atoms with Gasteiger partial charge < -0.3 is 0 Å². The van der Waals surface area contributed by atoms with Gasteiger partial charge in [-0.05, 0) is 0 Å². The van der Waals surface area contributed by atoms with Crippen LogP contribution in [0.3, 0.4) is 0 Å². The van der Waals surface area contributed by atoms with Crippen molar-refractivity contribution in [3.8, 4) is 0 Å². The lowest BCUT2D eigenvalue weighted by atomic mass is 10.1. The van der Waals surface area contributed by atoms with Crippen molar-refractivity contribution in [1.29, 1.82) is 0 Å². The number of fused-ring (bicyclic) bond motifs is 1. The molecule has 0 radical (unpaired) electrons. The monoisotopic (exact) mass is 177 g/mol. The summed E-state index contributed by atoms with van der Waals surface area (Å²) in [5, 5.41) is 10.3. The second kappa shape index (κ2) is 2.44. The second-order valence-corrected chi connectivity index (χ2v) is 2.44. The van der Waals surface area contributed by atoms with Gasteiger partial charge in [-0.25, -0.2) is 9.98 Å². The summed E-state index contributed by atoms with van der Waals surface area (Å²) >= 11 is 0. The summed E-state index contributed by atoms with van der Waals surface area (Å²) in [5.41, 5.74) is 0.287. The van der Waals surface area contributed by atoms with E-state index in [4.69, 9.17) is 0 Å². The lowest BCUT2D eigenvalue weighted by Crippen LogP contribution is -2.16. The van der Waals surface area contributed by atoms with Crippen LogP contribution in [-0.2, 0) is 4.79 Å². The van der Waals surface area contributed by atoms with Crippen LogP contribution < -0.4 is 0 Å². The number of aliphatic imine (C=N–C) groups is 2. The van der Waals surface area contributed by atoms with Crippen LogP contribution in [0.2, 0.25) is 0 Å². The predicted octanol–water partition coefficient (Wildman–Crippen LogP) is 0.0965. The number of ketones is 1. The number of nitro groups is 1. The van der Waals surface area contributed by atoms with E-state index in [1.54, 1.807) is 0 Å². The molecule has 0 atom stereocenters. The molecule has 0 spiro atoms. The molecule has 1 heterocycles. The van der Waals surface area contributed by atoms with Gasteiger partial charge >= 0.3 is 5.70 Å². The minimum atomic E-state index is -0.726. The van der Waals surface area contributed by atoms with Crippen molar-refractivity contribution in [1.82, 2.24) is 0 Å². The highest BCUT2D eigenvalue weighted by Gasteiger charge is 2.28. The standard InChI is InChI=1S/C7H3N3O3/c11-7-2-5-4(8-3-9-5)1-6(7)10(12)13/h1-3H. The molecule has 0 saturated carbocycles. The average molecular weight is 177 g/mol. The molecule has 1 aliphatic heterocycles. The Morgan fingerprint density at radius 1 is 1.38 bits per heavy atom. The van der Waals surface area contributed by atoms with Crippen LogP contribution in [0.5, 0.6) is 0 Å². The molecule has 0 saturated heterocycles. The number of nitrogens with zero attached hydrogens (tertiary/aromatic N) is 3. The molecule has 0 aromatic heterocycles. The summed E-state index contributed by atoms with van der Waals surface area (Å²) < 4.78 is 0. The maximum Gasteiger partial charge on any atom is 0.318 e. The summed E-state index contributed by atoms with van der Waals surface area (Å²) in [4.78, 5) is 28.2. The van der Waals surface area contributed by atoms with Crippen molar-refractivity contribution >= 4 is 17.8 Å². The number of carbonyl (C=O) groups is 1. The zero-order valence-corrected chi connectivity index (χ0v) is 6.30. The molecule has 64 valence electrons. The van der Waals surface area contributed by atoms with E-state index in [0.29, 0.717) is 11.4 Å². The van der Waals surface area contributed by atoms with Crippen LogP contribution in [0.25, 0.3) is 0 Å². The molecule has 1 aliphatic carbocycles. The highest BCUT2D eigenvalue weighted by Crippen LogP contribution is 2.16. The molecule has 0 unspecified atom stereocenters. The molecule has 6 heteroatoms. The van der Waals surface area contributed by atoms with Crippen molar-refractivity contribution in [3.05, 3.63) is 33.7 Å². The first-order chi connectivity index (χ1) is 6.18. The summed E-state index contributed by atoms with van der Waals surface area (Å²) in [7, 11) is 0. The van der Waals surface area contributed by atoms with Crippen molar-refractivity contribution in [3.63, 3.8) is 0 Å². The second-order valence-electron chi connectivity index (χ2n) is 2.44. The molecule has 2 rings (SSSR count). The Bertz CT molecular complexity index is 428. The number of rotatable bonds is 1. The normalized spacial score (nSPS) is 19.1.